The van der Waals surface area contributed by atoms with Crippen molar-refractivity contribution in [3.05, 3.63) is 24.3 Å². The zero-order chi connectivity index (χ0) is 17.7. The summed E-state index contributed by atoms with van der Waals surface area (Å²) in [7, 11) is -1.52. The highest BCUT2D eigenvalue weighted by atomic mass is 32.2. The van der Waals surface area contributed by atoms with E-state index in [9.17, 15) is 18.0 Å². The molecule has 1 aliphatic rings. The molecule has 132 valence electrons. The Morgan fingerprint density at radius 1 is 1.33 bits per heavy atom. The molecule has 1 N–H and O–H groups in total. The van der Waals surface area contributed by atoms with Crippen LogP contribution in [0.2, 0.25) is 0 Å². The zero-order valence-electron chi connectivity index (χ0n) is 13.8. The summed E-state index contributed by atoms with van der Waals surface area (Å²) in [6, 6.07) is 6.75. The van der Waals surface area contributed by atoms with Crippen LogP contribution in [0.25, 0.3) is 0 Å². The fourth-order valence-electron chi connectivity index (χ4n) is 2.72. The predicted molar refractivity (Wildman–Crippen MR) is 90.8 cm³/mol. The van der Waals surface area contributed by atoms with E-state index in [2.05, 4.69) is 5.32 Å². The van der Waals surface area contributed by atoms with E-state index in [1.165, 1.54) is 18.9 Å². The Bertz CT molecular complexity index is 717. The summed E-state index contributed by atoms with van der Waals surface area (Å²) in [6.07, 6.45) is 0.533. The number of ether oxygens (including phenoxy) is 1. The molecule has 8 heteroatoms. The molecule has 24 heavy (non-hydrogen) atoms. The summed E-state index contributed by atoms with van der Waals surface area (Å²) in [6.45, 7) is 1.62. The van der Waals surface area contributed by atoms with Gasteiger partial charge in [0.15, 0.2) is 9.84 Å². The molecular weight excluding hydrogens is 332 g/mol. The van der Waals surface area contributed by atoms with Gasteiger partial charge >= 0.3 is 0 Å². The molecule has 1 heterocycles. The molecule has 1 atom stereocenters. The molecule has 0 radical (unpaired) electrons. The first-order chi connectivity index (χ1) is 11.3. The Labute approximate surface area is 141 Å². The van der Waals surface area contributed by atoms with Crippen molar-refractivity contribution < 1.29 is 22.7 Å². The second kappa shape index (κ2) is 7.65. The maximum Gasteiger partial charge on any atom is 0.223 e. The minimum atomic E-state index is -3.03. The molecule has 1 aromatic rings. The predicted octanol–water partition coefficient (Wildman–Crippen LogP) is 0.741. The maximum absolute atomic E-state index is 12.0. The van der Waals surface area contributed by atoms with Gasteiger partial charge in [0.25, 0.3) is 0 Å². The Morgan fingerprint density at radius 2 is 2.04 bits per heavy atom. The van der Waals surface area contributed by atoms with Gasteiger partial charge in [-0.25, -0.2) is 8.42 Å². The molecule has 1 fully saturated rings. The summed E-state index contributed by atoms with van der Waals surface area (Å²) in [5.74, 6) is 0.185. The first-order valence-corrected chi connectivity index (χ1v) is 9.55. The number of rotatable bonds is 6. The number of sulfone groups is 1. The molecule has 0 spiro atoms. The number of carbonyl (C=O) groups excluding carboxylic acids is 2. The van der Waals surface area contributed by atoms with Crippen molar-refractivity contribution in [2.24, 2.45) is 0 Å². The van der Waals surface area contributed by atoms with Crippen molar-refractivity contribution in [1.29, 1.82) is 0 Å². The second-order valence-corrected chi connectivity index (χ2v) is 7.99. The fraction of sp³-hybridized carbons (Fsp3) is 0.500. The molecular formula is C16H22N2O5S. The van der Waals surface area contributed by atoms with Gasteiger partial charge in [0.1, 0.15) is 5.75 Å². The van der Waals surface area contributed by atoms with Gasteiger partial charge in [0.05, 0.1) is 24.3 Å². The van der Waals surface area contributed by atoms with E-state index >= 15 is 0 Å². The Kier molecular flexibility index (Phi) is 5.82. The second-order valence-electron chi connectivity index (χ2n) is 5.76. The van der Waals surface area contributed by atoms with Crippen molar-refractivity contribution in [2.45, 2.75) is 25.8 Å². The van der Waals surface area contributed by atoms with Crippen LogP contribution in [0.1, 0.15) is 19.8 Å². The van der Waals surface area contributed by atoms with Crippen LogP contribution >= 0.6 is 0 Å². The SMILES string of the molecule is COc1ccccc1N(CCC(=O)NC1CCS(=O)(=O)C1)C(C)=O. The zero-order valence-corrected chi connectivity index (χ0v) is 14.6. The van der Waals surface area contributed by atoms with Crippen LogP contribution in [0.3, 0.4) is 0 Å². The van der Waals surface area contributed by atoms with Crippen LogP contribution in [-0.4, -0.2) is 51.4 Å². The summed E-state index contributed by atoms with van der Waals surface area (Å²) in [5, 5.41) is 2.72. The molecule has 0 aromatic heterocycles. The van der Waals surface area contributed by atoms with Gasteiger partial charge in [-0.1, -0.05) is 12.1 Å². The molecule has 0 aliphatic carbocycles. The van der Waals surface area contributed by atoms with E-state index < -0.39 is 9.84 Å². The van der Waals surface area contributed by atoms with Crippen LogP contribution in [0.4, 0.5) is 5.69 Å². The number of nitrogens with one attached hydrogen (secondary N) is 1. The minimum Gasteiger partial charge on any atom is -0.495 e. The minimum absolute atomic E-state index is 0.0122. The number of nitrogens with zero attached hydrogens (tertiary/aromatic N) is 1. The number of anilines is 1. The lowest BCUT2D eigenvalue weighted by Gasteiger charge is -2.23. The quantitative estimate of drug-likeness (QED) is 0.813. The van der Waals surface area contributed by atoms with Gasteiger partial charge in [0, 0.05) is 25.9 Å². The number of hydrogen-bond donors (Lipinski definition) is 1. The third kappa shape index (κ3) is 4.70. The van der Waals surface area contributed by atoms with E-state index in [0.717, 1.165) is 0 Å². The average molecular weight is 354 g/mol. The van der Waals surface area contributed by atoms with Crippen molar-refractivity contribution in [3.8, 4) is 5.75 Å². The molecule has 0 saturated carbocycles. The number of hydrogen-bond acceptors (Lipinski definition) is 5. The van der Waals surface area contributed by atoms with Crippen molar-refractivity contribution in [3.63, 3.8) is 0 Å². The lowest BCUT2D eigenvalue weighted by Crippen LogP contribution is -2.38. The first-order valence-electron chi connectivity index (χ1n) is 7.73. The highest BCUT2D eigenvalue weighted by Crippen LogP contribution is 2.27. The van der Waals surface area contributed by atoms with Crippen LogP contribution in [0.5, 0.6) is 5.75 Å². The number of para-hydroxylation sites is 2. The molecule has 1 saturated heterocycles. The molecule has 1 aromatic carbocycles. The van der Waals surface area contributed by atoms with E-state index in [4.69, 9.17) is 4.74 Å². The number of benzene rings is 1. The molecule has 2 amide bonds. The molecule has 1 unspecified atom stereocenters. The largest absolute Gasteiger partial charge is 0.495 e. The summed E-state index contributed by atoms with van der Waals surface area (Å²) in [5.41, 5.74) is 0.601. The Balaban J connectivity index is 1.97. The van der Waals surface area contributed by atoms with E-state index in [1.54, 1.807) is 24.3 Å². The molecule has 7 nitrogen and oxygen atoms in total. The van der Waals surface area contributed by atoms with Gasteiger partial charge in [-0.3, -0.25) is 9.59 Å². The Morgan fingerprint density at radius 3 is 2.62 bits per heavy atom. The highest BCUT2D eigenvalue weighted by molar-refractivity contribution is 7.91. The van der Waals surface area contributed by atoms with Crippen molar-refractivity contribution >= 4 is 27.3 Å². The lowest BCUT2D eigenvalue weighted by molar-refractivity contribution is -0.121. The summed E-state index contributed by atoms with van der Waals surface area (Å²) >= 11 is 0. The Hall–Kier alpha value is -2.09. The number of carbonyl (C=O) groups is 2. The molecule has 1 aliphatic heterocycles. The normalized spacial score (nSPS) is 18.8. The maximum atomic E-state index is 12.0. The van der Waals surface area contributed by atoms with E-state index in [0.29, 0.717) is 17.9 Å². The van der Waals surface area contributed by atoms with Gasteiger partial charge in [-0.15, -0.1) is 0 Å². The standard InChI is InChI=1S/C16H22N2O5S/c1-12(19)18(14-5-3-4-6-15(14)23-2)9-7-16(20)17-13-8-10-24(21,22)11-13/h3-6,13H,7-11H2,1-2H3,(H,17,20). The fourth-order valence-corrected chi connectivity index (χ4v) is 4.40. The molecule has 0 bridgehead atoms. The van der Waals surface area contributed by atoms with Gasteiger partial charge in [0.2, 0.25) is 11.8 Å². The highest BCUT2D eigenvalue weighted by Gasteiger charge is 2.29. The van der Waals surface area contributed by atoms with Gasteiger partial charge in [-0.05, 0) is 18.6 Å². The van der Waals surface area contributed by atoms with Gasteiger partial charge < -0.3 is 15.0 Å². The first kappa shape index (κ1) is 18.3. The monoisotopic (exact) mass is 354 g/mol. The van der Waals surface area contributed by atoms with Crippen LogP contribution < -0.4 is 15.0 Å². The summed E-state index contributed by atoms with van der Waals surface area (Å²) < 4.78 is 28.1. The van der Waals surface area contributed by atoms with Crippen LogP contribution in [0.15, 0.2) is 24.3 Å². The smallest absolute Gasteiger partial charge is 0.223 e. The van der Waals surface area contributed by atoms with E-state index in [1.807, 2.05) is 0 Å². The number of methoxy groups -OCH3 is 1. The van der Waals surface area contributed by atoms with Crippen LogP contribution in [-0.2, 0) is 19.4 Å². The summed E-state index contributed by atoms with van der Waals surface area (Å²) in [4.78, 5) is 25.4. The third-order valence-electron chi connectivity index (χ3n) is 3.92. The number of amides is 2. The third-order valence-corrected chi connectivity index (χ3v) is 5.68. The lowest BCUT2D eigenvalue weighted by atomic mass is 10.2. The van der Waals surface area contributed by atoms with Gasteiger partial charge in [-0.2, -0.15) is 0 Å². The van der Waals surface area contributed by atoms with Crippen molar-refractivity contribution in [1.82, 2.24) is 5.32 Å². The van der Waals surface area contributed by atoms with Crippen LogP contribution in [0, 0.1) is 0 Å². The van der Waals surface area contributed by atoms with Crippen molar-refractivity contribution in [2.75, 3.05) is 30.1 Å². The molecule has 2 rings (SSSR count). The average Bonchev–Trinajstić information content (AvgIpc) is 2.86. The topological polar surface area (TPSA) is 92.8 Å². The van der Waals surface area contributed by atoms with E-state index in [-0.39, 0.29) is 42.3 Å².